The molecule has 0 radical (unpaired) electrons. The molecule has 0 fully saturated rings. The molecule has 0 amide bonds. The van der Waals surface area contributed by atoms with Crippen molar-refractivity contribution in [1.29, 1.82) is 0 Å². The van der Waals surface area contributed by atoms with Crippen molar-refractivity contribution in [2.24, 2.45) is 5.73 Å². The van der Waals surface area contributed by atoms with Crippen molar-refractivity contribution in [2.75, 3.05) is 20.7 Å². The van der Waals surface area contributed by atoms with Crippen LogP contribution in [-0.4, -0.2) is 25.6 Å². The summed E-state index contributed by atoms with van der Waals surface area (Å²) in [6.07, 6.45) is 0. The van der Waals surface area contributed by atoms with Crippen LogP contribution >= 0.6 is 0 Å². The van der Waals surface area contributed by atoms with Crippen molar-refractivity contribution < 1.29 is 4.74 Å². The minimum Gasteiger partial charge on any atom is -0.497 e. The second kappa shape index (κ2) is 3.59. The van der Waals surface area contributed by atoms with Crippen molar-refractivity contribution in [2.45, 2.75) is 12.6 Å². The Hall–Kier alpha value is -1.06. The first-order valence-corrected chi connectivity index (χ1v) is 4.81. The molecule has 1 aliphatic rings. The maximum absolute atomic E-state index is 6.06. The average Bonchev–Trinajstić information content (AvgIpc) is 2.17. The van der Waals surface area contributed by atoms with E-state index in [1.54, 1.807) is 7.11 Å². The molecule has 3 heteroatoms. The van der Waals surface area contributed by atoms with Crippen molar-refractivity contribution in [3.8, 4) is 5.75 Å². The topological polar surface area (TPSA) is 38.5 Å². The number of hydrogen-bond donors (Lipinski definition) is 1. The molecule has 2 rings (SSSR count). The van der Waals surface area contributed by atoms with Crippen molar-refractivity contribution >= 4 is 0 Å². The lowest BCUT2D eigenvalue weighted by molar-refractivity contribution is 0.282. The molecule has 0 spiro atoms. The molecule has 0 bridgehead atoms. The SMILES string of the molecule is COc1ccc2c(c1)C(N)CN(C)C2. The maximum atomic E-state index is 6.06. The lowest BCUT2D eigenvalue weighted by atomic mass is 9.96. The predicted molar refractivity (Wildman–Crippen MR) is 56.3 cm³/mol. The highest BCUT2D eigenvalue weighted by atomic mass is 16.5. The lowest BCUT2D eigenvalue weighted by Crippen LogP contribution is -2.34. The highest BCUT2D eigenvalue weighted by Gasteiger charge is 2.20. The summed E-state index contributed by atoms with van der Waals surface area (Å²) in [6.45, 7) is 1.90. The van der Waals surface area contributed by atoms with Crippen molar-refractivity contribution in [3.05, 3.63) is 29.3 Å². The number of ether oxygens (including phenoxy) is 1. The van der Waals surface area contributed by atoms with Crippen LogP contribution in [0.2, 0.25) is 0 Å². The van der Waals surface area contributed by atoms with E-state index < -0.39 is 0 Å². The van der Waals surface area contributed by atoms with Gasteiger partial charge in [-0.1, -0.05) is 6.07 Å². The van der Waals surface area contributed by atoms with Gasteiger partial charge in [0, 0.05) is 19.1 Å². The molecule has 0 aromatic heterocycles. The molecule has 1 heterocycles. The Morgan fingerprint density at radius 1 is 1.50 bits per heavy atom. The van der Waals surface area contributed by atoms with Crippen LogP contribution in [0.4, 0.5) is 0 Å². The largest absolute Gasteiger partial charge is 0.497 e. The van der Waals surface area contributed by atoms with E-state index in [9.17, 15) is 0 Å². The predicted octanol–water partition coefficient (Wildman–Crippen LogP) is 1.14. The number of benzene rings is 1. The van der Waals surface area contributed by atoms with Crippen LogP contribution < -0.4 is 10.5 Å². The average molecular weight is 192 g/mol. The van der Waals surface area contributed by atoms with E-state index in [1.165, 1.54) is 11.1 Å². The number of nitrogens with zero attached hydrogens (tertiary/aromatic N) is 1. The van der Waals surface area contributed by atoms with Gasteiger partial charge in [0.2, 0.25) is 0 Å². The molecule has 1 unspecified atom stereocenters. The fraction of sp³-hybridized carbons (Fsp3) is 0.455. The third kappa shape index (κ3) is 1.61. The van der Waals surface area contributed by atoms with Crippen LogP contribution in [0.15, 0.2) is 18.2 Å². The van der Waals surface area contributed by atoms with Gasteiger partial charge < -0.3 is 15.4 Å². The van der Waals surface area contributed by atoms with E-state index in [4.69, 9.17) is 10.5 Å². The molecular weight excluding hydrogens is 176 g/mol. The molecule has 76 valence electrons. The molecule has 2 N–H and O–H groups in total. The molecule has 0 aliphatic carbocycles. The number of rotatable bonds is 1. The van der Waals surface area contributed by atoms with Gasteiger partial charge in [0.25, 0.3) is 0 Å². The van der Waals surface area contributed by atoms with Crippen LogP contribution in [0.25, 0.3) is 0 Å². The van der Waals surface area contributed by atoms with Gasteiger partial charge in [-0.05, 0) is 30.3 Å². The van der Waals surface area contributed by atoms with Gasteiger partial charge in [-0.25, -0.2) is 0 Å². The summed E-state index contributed by atoms with van der Waals surface area (Å²) in [4.78, 5) is 2.24. The molecule has 1 aliphatic heterocycles. The summed E-state index contributed by atoms with van der Waals surface area (Å²) < 4.78 is 5.19. The summed E-state index contributed by atoms with van der Waals surface area (Å²) >= 11 is 0. The normalized spacial score (nSPS) is 21.8. The Morgan fingerprint density at radius 2 is 2.29 bits per heavy atom. The Kier molecular flexibility index (Phi) is 2.44. The van der Waals surface area contributed by atoms with Crippen LogP contribution in [-0.2, 0) is 6.54 Å². The Balaban J connectivity index is 2.39. The van der Waals surface area contributed by atoms with Crippen LogP contribution in [0.3, 0.4) is 0 Å². The van der Waals surface area contributed by atoms with E-state index in [0.717, 1.165) is 18.8 Å². The summed E-state index contributed by atoms with van der Waals surface area (Å²) in [7, 11) is 3.77. The van der Waals surface area contributed by atoms with Crippen LogP contribution in [0, 0.1) is 0 Å². The summed E-state index contributed by atoms with van der Waals surface area (Å²) in [6, 6.07) is 6.25. The molecule has 0 saturated heterocycles. The second-order valence-electron chi connectivity index (χ2n) is 3.87. The van der Waals surface area contributed by atoms with Gasteiger partial charge in [-0.3, -0.25) is 0 Å². The Labute approximate surface area is 84.5 Å². The molecule has 0 saturated carbocycles. The monoisotopic (exact) mass is 192 g/mol. The highest BCUT2D eigenvalue weighted by Crippen LogP contribution is 2.27. The first kappa shape index (κ1) is 9.49. The third-order valence-corrected chi connectivity index (χ3v) is 2.70. The second-order valence-corrected chi connectivity index (χ2v) is 3.87. The number of likely N-dealkylation sites (N-methyl/N-ethyl adjacent to an activating group) is 1. The smallest absolute Gasteiger partial charge is 0.119 e. The number of methoxy groups -OCH3 is 1. The van der Waals surface area contributed by atoms with Crippen LogP contribution in [0.5, 0.6) is 5.75 Å². The Bertz CT molecular complexity index is 338. The first-order valence-electron chi connectivity index (χ1n) is 4.81. The molecule has 14 heavy (non-hydrogen) atoms. The fourth-order valence-electron chi connectivity index (χ4n) is 1.98. The minimum absolute atomic E-state index is 0.110. The first-order chi connectivity index (χ1) is 6.70. The standard InChI is InChI=1S/C11H16N2O/c1-13-6-8-3-4-9(14-2)5-10(8)11(12)7-13/h3-5,11H,6-7,12H2,1-2H3. The van der Waals surface area contributed by atoms with Gasteiger partial charge in [0.15, 0.2) is 0 Å². The fourth-order valence-corrected chi connectivity index (χ4v) is 1.98. The van der Waals surface area contributed by atoms with E-state index >= 15 is 0 Å². The maximum Gasteiger partial charge on any atom is 0.119 e. The zero-order valence-electron chi connectivity index (χ0n) is 8.66. The lowest BCUT2D eigenvalue weighted by Gasteiger charge is -2.30. The van der Waals surface area contributed by atoms with E-state index in [-0.39, 0.29) is 6.04 Å². The van der Waals surface area contributed by atoms with E-state index in [2.05, 4.69) is 18.0 Å². The van der Waals surface area contributed by atoms with Crippen molar-refractivity contribution in [1.82, 2.24) is 4.90 Å². The van der Waals surface area contributed by atoms with Gasteiger partial charge in [0.05, 0.1) is 7.11 Å². The van der Waals surface area contributed by atoms with E-state index in [1.807, 2.05) is 12.1 Å². The van der Waals surface area contributed by atoms with Gasteiger partial charge >= 0.3 is 0 Å². The zero-order valence-corrected chi connectivity index (χ0v) is 8.66. The quantitative estimate of drug-likeness (QED) is 0.725. The third-order valence-electron chi connectivity index (χ3n) is 2.70. The highest BCUT2D eigenvalue weighted by molar-refractivity contribution is 5.39. The van der Waals surface area contributed by atoms with E-state index in [0.29, 0.717) is 0 Å². The molecule has 1 aromatic carbocycles. The molecule has 3 nitrogen and oxygen atoms in total. The van der Waals surface area contributed by atoms with Crippen molar-refractivity contribution in [3.63, 3.8) is 0 Å². The summed E-state index contributed by atoms with van der Waals surface area (Å²) in [5.74, 6) is 0.892. The van der Waals surface area contributed by atoms with Gasteiger partial charge in [-0.15, -0.1) is 0 Å². The minimum atomic E-state index is 0.110. The number of fused-ring (bicyclic) bond motifs is 1. The molecular formula is C11H16N2O. The Morgan fingerprint density at radius 3 is 3.00 bits per heavy atom. The van der Waals surface area contributed by atoms with Gasteiger partial charge in [-0.2, -0.15) is 0 Å². The molecule has 1 atom stereocenters. The van der Waals surface area contributed by atoms with Gasteiger partial charge in [0.1, 0.15) is 5.75 Å². The van der Waals surface area contributed by atoms with Crippen LogP contribution in [0.1, 0.15) is 17.2 Å². The summed E-state index contributed by atoms with van der Waals surface area (Å²) in [5, 5.41) is 0. The number of hydrogen-bond acceptors (Lipinski definition) is 3. The molecule has 1 aromatic rings. The summed E-state index contributed by atoms with van der Waals surface area (Å²) in [5.41, 5.74) is 8.60. The number of nitrogens with two attached hydrogens (primary N) is 1. The zero-order chi connectivity index (χ0) is 10.1.